The van der Waals surface area contributed by atoms with Crippen molar-refractivity contribution in [2.75, 3.05) is 23.3 Å². The van der Waals surface area contributed by atoms with E-state index in [0.29, 0.717) is 25.5 Å². The highest BCUT2D eigenvalue weighted by Gasteiger charge is 2.39. The Kier molecular flexibility index (Phi) is 8.70. The Hall–Kier alpha value is -4.35. The van der Waals surface area contributed by atoms with E-state index in [1.54, 1.807) is 24.3 Å². The highest BCUT2D eigenvalue weighted by atomic mass is 19.4. The molecule has 0 saturated carbocycles. The molecule has 45 heavy (non-hydrogen) atoms. The number of carbonyl (C=O) groups is 1. The highest BCUT2D eigenvalue weighted by Crippen LogP contribution is 2.40. The minimum Gasteiger partial charge on any atom is -0.355 e. The first kappa shape index (κ1) is 32.1. The first-order valence-corrected chi connectivity index (χ1v) is 14.3. The second-order valence-corrected chi connectivity index (χ2v) is 11.4. The zero-order valence-corrected chi connectivity index (χ0v) is 24.4. The molecule has 2 aliphatic heterocycles. The smallest absolute Gasteiger partial charge is 0.355 e. The summed E-state index contributed by atoms with van der Waals surface area (Å²) < 4.78 is 97.3. The van der Waals surface area contributed by atoms with Crippen molar-refractivity contribution in [3.63, 3.8) is 0 Å². The molecule has 0 bridgehead atoms. The van der Waals surface area contributed by atoms with Crippen LogP contribution in [0.2, 0.25) is 0 Å². The Morgan fingerprint density at radius 2 is 1.64 bits per heavy atom. The molecule has 3 aromatic carbocycles. The standard InChI is InChI=1S/C33H31F7N4O/c1-19-16-28(44(31(34)35)27-9-4-3-8-24(19)27)20-12-14-43(15-13-20)30(45)21-10-11-26(25(17-21)29(41)33(38,39)40)42-23-7-5-6-22(18-23)32(2,36)37/h3-11,16-18,20,28,31,41-42H,12-15H2,1-2H3. The molecule has 0 radical (unpaired) electrons. The van der Waals surface area contributed by atoms with Crippen molar-refractivity contribution < 1.29 is 35.5 Å². The molecule has 12 heteroatoms. The van der Waals surface area contributed by atoms with Gasteiger partial charge in [-0.2, -0.15) is 22.0 Å². The number of piperidine rings is 1. The summed E-state index contributed by atoms with van der Waals surface area (Å²) in [5.74, 6) is -3.94. The third-order valence-corrected chi connectivity index (χ3v) is 8.34. The maximum atomic E-state index is 14.3. The van der Waals surface area contributed by atoms with Gasteiger partial charge in [-0.1, -0.05) is 36.4 Å². The van der Waals surface area contributed by atoms with Crippen molar-refractivity contribution in [3.8, 4) is 0 Å². The van der Waals surface area contributed by atoms with E-state index in [4.69, 9.17) is 5.41 Å². The van der Waals surface area contributed by atoms with Gasteiger partial charge in [-0.05, 0) is 67.7 Å². The average Bonchev–Trinajstić information content (AvgIpc) is 2.99. The molecule has 5 rings (SSSR count). The van der Waals surface area contributed by atoms with Crippen molar-refractivity contribution in [3.05, 3.63) is 95.1 Å². The quantitative estimate of drug-likeness (QED) is 0.156. The molecule has 0 aromatic heterocycles. The van der Waals surface area contributed by atoms with Crippen LogP contribution in [0.4, 0.5) is 47.8 Å². The van der Waals surface area contributed by atoms with Gasteiger partial charge < -0.3 is 15.1 Å². The molecule has 5 nitrogen and oxygen atoms in total. The van der Waals surface area contributed by atoms with E-state index in [9.17, 15) is 35.5 Å². The molecule has 2 heterocycles. The second-order valence-electron chi connectivity index (χ2n) is 11.4. The third-order valence-electron chi connectivity index (χ3n) is 8.34. The maximum Gasteiger partial charge on any atom is 0.433 e. The summed E-state index contributed by atoms with van der Waals surface area (Å²) in [5.41, 5.74) is -0.809. The molecule has 2 N–H and O–H groups in total. The fraction of sp³-hybridized carbons (Fsp3) is 0.333. The van der Waals surface area contributed by atoms with Crippen molar-refractivity contribution in [1.82, 2.24) is 4.90 Å². The zero-order chi connectivity index (χ0) is 32.7. The molecule has 1 atom stereocenters. The Morgan fingerprint density at radius 1 is 0.956 bits per heavy atom. The van der Waals surface area contributed by atoms with E-state index >= 15 is 0 Å². The van der Waals surface area contributed by atoms with Crippen LogP contribution in [0.15, 0.2) is 72.8 Å². The summed E-state index contributed by atoms with van der Waals surface area (Å²) in [6, 6.07) is 14.9. The molecule has 1 saturated heterocycles. The van der Waals surface area contributed by atoms with Gasteiger partial charge in [0.05, 0.1) is 6.04 Å². The second kappa shape index (κ2) is 12.2. The number of carbonyl (C=O) groups excluding carboxylic acids is 1. The van der Waals surface area contributed by atoms with E-state index in [0.717, 1.165) is 28.2 Å². The number of fused-ring (bicyclic) bond motifs is 1. The summed E-state index contributed by atoms with van der Waals surface area (Å²) in [6.45, 7) is 0.236. The molecule has 238 valence electrons. The van der Waals surface area contributed by atoms with Gasteiger partial charge in [-0.15, -0.1) is 0 Å². The van der Waals surface area contributed by atoms with Crippen LogP contribution in [0.3, 0.4) is 0 Å². The van der Waals surface area contributed by atoms with Crippen LogP contribution in [-0.2, 0) is 5.92 Å². The lowest BCUT2D eigenvalue weighted by Crippen LogP contribution is -2.49. The maximum absolute atomic E-state index is 14.3. The lowest BCUT2D eigenvalue weighted by atomic mass is 9.83. The Bertz CT molecular complexity index is 1620. The number of benzene rings is 3. The van der Waals surface area contributed by atoms with Gasteiger partial charge in [0.1, 0.15) is 5.71 Å². The molecule has 1 fully saturated rings. The molecular weight excluding hydrogens is 601 g/mol. The molecular formula is C33H31F7N4O. The van der Waals surface area contributed by atoms with Crippen LogP contribution in [0.5, 0.6) is 0 Å². The molecule has 1 amide bonds. The number of hydrogen-bond donors (Lipinski definition) is 2. The van der Waals surface area contributed by atoms with Crippen LogP contribution in [0.1, 0.15) is 53.7 Å². The minimum absolute atomic E-state index is 0.0823. The predicted molar refractivity (Wildman–Crippen MR) is 160 cm³/mol. The highest BCUT2D eigenvalue weighted by molar-refractivity contribution is 6.09. The predicted octanol–water partition coefficient (Wildman–Crippen LogP) is 8.84. The van der Waals surface area contributed by atoms with E-state index < -0.39 is 41.9 Å². The van der Waals surface area contributed by atoms with E-state index in [1.807, 2.05) is 13.0 Å². The number of para-hydroxylation sites is 1. The molecule has 3 aromatic rings. The third kappa shape index (κ3) is 6.69. The summed E-state index contributed by atoms with van der Waals surface area (Å²) in [4.78, 5) is 16.0. The lowest BCUT2D eigenvalue weighted by molar-refractivity contribution is -0.0587. The van der Waals surface area contributed by atoms with Crippen molar-refractivity contribution in [2.24, 2.45) is 5.92 Å². The van der Waals surface area contributed by atoms with Crippen molar-refractivity contribution >= 4 is 34.3 Å². The number of amides is 1. The van der Waals surface area contributed by atoms with Gasteiger partial charge in [-0.25, -0.2) is 8.78 Å². The molecule has 0 spiro atoms. The summed E-state index contributed by atoms with van der Waals surface area (Å²) >= 11 is 0. The van der Waals surface area contributed by atoms with Gasteiger partial charge in [-0.3, -0.25) is 10.2 Å². The number of likely N-dealkylation sites (tertiary alicyclic amines) is 1. The monoisotopic (exact) mass is 632 g/mol. The molecule has 0 aliphatic carbocycles. The first-order chi connectivity index (χ1) is 21.1. The normalized spacial score (nSPS) is 17.6. The van der Waals surface area contributed by atoms with Crippen LogP contribution >= 0.6 is 0 Å². The fourth-order valence-electron chi connectivity index (χ4n) is 6.02. The van der Waals surface area contributed by atoms with Crippen LogP contribution in [0.25, 0.3) is 5.57 Å². The van der Waals surface area contributed by atoms with Crippen molar-refractivity contribution in [1.29, 1.82) is 5.41 Å². The van der Waals surface area contributed by atoms with E-state index in [1.165, 1.54) is 35.2 Å². The Balaban J connectivity index is 1.35. The zero-order valence-electron chi connectivity index (χ0n) is 24.4. The van der Waals surface area contributed by atoms with Gasteiger partial charge in [0.2, 0.25) is 0 Å². The van der Waals surface area contributed by atoms with Gasteiger partial charge in [0, 0.05) is 59.3 Å². The summed E-state index contributed by atoms with van der Waals surface area (Å²) in [6.07, 6.45) is -2.42. The first-order valence-electron chi connectivity index (χ1n) is 14.3. The number of rotatable bonds is 7. The number of nitrogens with zero attached hydrogens (tertiary/aromatic N) is 2. The SMILES string of the molecule is CC1=CC(C2CCN(C(=O)c3ccc(Nc4cccc(C(C)(F)F)c4)c(C(=N)C(F)(F)F)c3)CC2)N(C(F)F)c2ccccc21. The minimum atomic E-state index is -5.05. The topological polar surface area (TPSA) is 59.4 Å². The van der Waals surface area contributed by atoms with Gasteiger partial charge >= 0.3 is 12.7 Å². The Morgan fingerprint density at radius 3 is 2.29 bits per heavy atom. The largest absolute Gasteiger partial charge is 0.433 e. The number of hydrogen-bond acceptors (Lipinski definition) is 4. The number of allylic oxidation sites excluding steroid dienone is 1. The van der Waals surface area contributed by atoms with Crippen molar-refractivity contribution in [2.45, 2.75) is 51.4 Å². The van der Waals surface area contributed by atoms with Gasteiger partial charge in [0.25, 0.3) is 11.8 Å². The molecule has 2 aliphatic rings. The van der Waals surface area contributed by atoms with E-state index in [-0.39, 0.29) is 41.5 Å². The lowest BCUT2D eigenvalue weighted by Gasteiger charge is -2.43. The number of alkyl halides is 7. The number of anilines is 3. The van der Waals surface area contributed by atoms with Crippen LogP contribution < -0.4 is 10.2 Å². The summed E-state index contributed by atoms with van der Waals surface area (Å²) in [7, 11) is 0. The van der Waals surface area contributed by atoms with E-state index in [2.05, 4.69) is 5.32 Å². The Labute approximate surface area is 255 Å². The van der Waals surface area contributed by atoms with Crippen LogP contribution in [-0.4, -0.2) is 48.4 Å². The number of nitrogens with one attached hydrogen (secondary N) is 2. The van der Waals surface area contributed by atoms with Gasteiger partial charge in [0.15, 0.2) is 0 Å². The number of halogens is 7. The fourth-order valence-corrected chi connectivity index (χ4v) is 6.02. The summed E-state index contributed by atoms with van der Waals surface area (Å²) in [5, 5.41) is 10.5. The molecule has 1 unspecified atom stereocenters. The van der Waals surface area contributed by atoms with Crippen LogP contribution in [0, 0.1) is 11.3 Å². The average molecular weight is 633 g/mol.